The molecule has 0 radical (unpaired) electrons. The molecule has 8 nitrogen and oxygen atoms in total. The highest BCUT2D eigenvalue weighted by Crippen LogP contribution is 2.36. The van der Waals surface area contributed by atoms with Gasteiger partial charge in [-0.2, -0.15) is 0 Å². The van der Waals surface area contributed by atoms with E-state index in [1.165, 1.54) is 22.4 Å². The van der Waals surface area contributed by atoms with Gasteiger partial charge in [0, 0.05) is 32.0 Å². The summed E-state index contributed by atoms with van der Waals surface area (Å²) in [6.45, 7) is 2.98. The summed E-state index contributed by atoms with van der Waals surface area (Å²) in [5.74, 6) is 2.36. The van der Waals surface area contributed by atoms with Crippen molar-refractivity contribution < 1.29 is 9.47 Å². The Morgan fingerprint density at radius 1 is 0.857 bits per heavy atom. The molecule has 0 spiro atoms. The largest absolute Gasteiger partial charge is 0.494 e. The number of ether oxygens (including phenoxy) is 2. The fraction of sp³-hybridized carbons (Fsp3) is 0.303. The van der Waals surface area contributed by atoms with Crippen LogP contribution in [-0.4, -0.2) is 39.1 Å². The highest BCUT2D eigenvalue weighted by molar-refractivity contribution is 8.93. The van der Waals surface area contributed by atoms with Crippen molar-refractivity contribution in [1.82, 2.24) is 30.2 Å². The van der Waals surface area contributed by atoms with Crippen LogP contribution in [0.3, 0.4) is 0 Å². The number of H-pyrrole nitrogens is 1. The molecular weight excluding hydrogens is 592 g/mol. The number of imidazole rings is 1. The van der Waals surface area contributed by atoms with E-state index < -0.39 is 0 Å². The van der Waals surface area contributed by atoms with Gasteiger partial charge in [-0.25, -0.2) is 4.98 Å². The topological polar surface area (TPSA) is 88.2 Å². The smallest absolute Gasteiger partial charge is 0.146 e. The molecule has 0 saturated heterocycles. The van der Waals surface area contributed by atoms with E-state index in [0.717, 1.165) is 72.9 Å². The minimum Gasteiger partial charge on any atom is -0.494 e. The molecule has 5 aromatic rings. The van der Waals surface area contributed by atoms with E-state index in [4.69, 9.17) is 19.4 Å². The normalized spacial score (nSPS) is 14.4. The van der Waals surface area contributed by atoms with Gasteiger partial charge in [-0.1, -0.05) is 36.4 Å². The van der Waals surface area contributed by atoms with Crippen LogP contribution in [0.15, 0.2) is 79.1 Å². The number of aryl methyl sites for hydroxylation is 1. The van der Waals surface area contributed by atoms with E-state index in [0.29, 0.717) is 6.54 Å². The van der Waals surface area contributed by atoms with Crippen LogP contribution < -0.4 is 14.8 Å². The third-order valence-corrected chi connectivity index (χ3v) is 7.79. The van der Waals surface area contributed by atoms with Crippen LogP contribution in [0.4, 0.5) is 0 Å². The molecule has 42 heavy (non-hydrogen) atoms. The maximum absolute atomic E-state index is 5.61. The SMILES string of the molecule is Br.COc1ccc(OC)c2[nH]c(CN(Cc3ccc(CNCc4ccccn4)cc3)C3CCCc4cccnc43)nc12. The first-order chi connectivity index (χ1) is 20.2. The lowest BCUT2D eigenvalue weighted by Gasteiger charge is -2.34. The first-order valence-corrected chi connectivity index (χ1v) is 14.2. The van der Waals surface area contributed by atoms with Crippen LogP contribution >= 0.6 is 17.0 Å². The van der Waals surface area contributed by atoms with E-state index >= 15 is 0 Å². The molecule has 218 valence electrons. The molecule has 2 N–H and O–H groups in total. The second-order valence-electron chi connectivity index (χ2n) is 10.5. The fourth-order valence-corrected chi connectivity index (χ4v) is 5.75. The second kappa shape index (κ2) is 13.9. The number of aromatic nitrogens is 4. The predicted octanol–water partition coefficient (Wildman–Crippen LogP) is 6.32. The number of pyridine rings is 2. The van der Waals surface area contributed by atoms with Gasteiger partial charge in [0.2, 0.25) is 0 Å². The van der Waals surface area contributed by atoms with E-state index in [9.17, 15) is 0 Å². The van der Waals surface area contributed by atoms with Gasteiger partial charge in [-0.3, -0.25) is 14.9 Å². The molecule has 0 saturated carbocycles. The van der Waals surface area contributed by atoms with E-state index in [1.807, 2.05) is 48.8 Å². The number of hydrogen-bond acceptors (Lipinski definition) is 7. The number of methoxy groups -OCH3 is 2. The third-order valence-electron chi connectivity index (χ3n) is 7.79. The van der Waals surface area contributed by atoms with Crippen LogP contribution in [0.5, 0.6) is 11.5 Å². The van der Waals surface area contributed by atoms with Gasteiger partial charge in [-0.15, -0.1) is 17.0 Å². The molecule has 3 heterocycles. The molecule has 6 rings (SSSR count). The van der Waals surface area contributed by atoms with Crippen LogP contribution in [-0.2, 0) is 32.6 Å². The molecule has 0 aliphatic heterocycles. The Labute approximate surface area is 257 Å². The quantitative estimate of drug-likeness (QED) is 0.177. The third kappa shape index (κ3) is 6.64. The lowest BCUT2D eigenvalue weighted by Crippen LogP contribution is -2.31. The number of nitrogens with one attached hydrogen (secondary N) is 2. The van der Waals surface area contributed by atoms with Crippen molar-refractivity contribution in [2.24, 2.45) is 0 Å². The van der Waals surface area contributed by atoms with Crippen molar-refractivity contribution in [3.63, 3.8) is 0 Å². The number of halogens is 1. The zero-order valence-electron chi connectivity index (χ0n) is 24.0. The molecule has 0 bridgehead atoms. The van der Waals surface area contributed by atoms with Crippen molar-refractivity contribution >= 4 is 28.0 Å². The Kier molecular flexibility index (Phi) is 9.84. The first-order valence-electron chi connectivity index (χ1n) is 14.2. The number of benzene rings is 2. The maximum Gasteiger partial charge on any atom is 0.146 e. The van der Waals surface area contributed by atoms with E-state index in [1.54, 1.807) is 14.2 Å². The molecule has 1 aliphatic carbocycles. The molecule has 3 aromatic heterocycles. The molecule has 2 aromatic carbocycles. The van der Waals surface area contributed by atoms with Gasteiger partial charge < -0.3 is 19.8 Å². The van der Waals surface area contributed by atoms with Gasteiger partial charge in [0.15, 0.2) is 0 Å². The molecule has 0 amide bonds. The minimum absolute atomic E-state index is 0. The zero-order chi connectivity index (χ0) is 28.0. The molecule has 1 atom stereocenters. The maximum atomic E-state index is 5.61. The summed E-state index contributed by atoms with van der Waals surface area (Å²) < 4.78 is 11.2. The van der Waals surface area contributed by atoms with E-state index in [2.05, 4.69) is 50.5 Å². The van der Waals surface area contributed by atoms with Crippen LogP contribution in [0.25, 0.3) is 11.0 Å². The fourth-order valence-electron chi connectivity index (χ4n) is 5.75. The highest BCUT2D eigenvalue weighted by Gasteiger charge is 2.28. The van der Waals surface area contributed by atoms with Crippen molar-refractivity contribution in [1.29, 1.82) is 0 Å². The van der Waals surface area contributed by atoms with Crippen LogP contribution in [0.1, 0.15) is 52.8 Å². The first kappa shape index (κ1) is 29.7. The Hall–Kier alpha value is -3.79. The molecule has 1 aliphatic rings. The van der Waals surface area contributed by atoms with Gasteiger partial charge in [0.1, 0.15) is 28.4 Å². The number of rotatable bonds is 11. The zero-order valence-corrected chi connectivity index (χ0v) is 25.8. The lowest BCUT2D eigenvalue weighted by molar-refractivity contribution is 0.153. The number of aromatic amines is 1. The number of nitrogens with zero attached hydrogens (tertiary/aromatic N) is 4. The van der Waals surface area contributed by atoms with Crippen LogP contribution in [0, 0.1) is 0 Å². The minimum atomic E-state index is 0. The van der Waals surface area contributed by atoms with Crippen molar-refractivity contribution in [2.45, 2.75) is 51.5 Å². The average molecular weight is 630 g/mol. The molecule has 1 unspecified atom stereocenters. The van der Waals surface area contributed by atoms with Gasteiger partial charge in [-0.05, 0) is 66.3 Å². The molecule has 9 heteroatoms. The summed E-state index contributed by atoms with van der Waals surface area (Å²) in [6.07, 6.45) is 7.02. The monoisotopic (exact) mass is 628 g/mol. The Balaban J connectivity index is 0.00000353. The summed E-state index contributed by atoms with van der Waals surface area (Å²) >= 11 is 0. The van der Waals surface area contributed by atoms with Crippen molar-refractivity contribution in [3.05, 3.63) is 113 Å². The number of hydrogen-bond donors (Lipinski definition) is 2. The van der Waals surface area contributed by atoms with Crippen molar-refractivity contribution in [3.8, 4) is 11.5 Å². The summed E-state index contributed by atoms with van der Waals surface area (Å²) in [6, 6.07) is 23.2. The Bertz CT molecular complexity index is 1550. The standard InChI is InChI=1S/C33H36N6O2.BrH/c1-40-28-15-16-29(41-2)33-32(28)37-30(38-33)22-39(27-10-5-7-25-8-6-18-36-31(25)27)21-24-13-11-23(12-14-24)19-34-20-26-9-3-4-17-35-26;/h3-4,6,8-9,11-18,27,34H,5,7,10,19-22H2,1-2H3,(H,37,38);1H. The van der Waals surface area contributed by atoms with E-state index in [-0.39, 0.29) is 23.0 Å². The highest BCUT2D eigenvalue weighted by atomic mass is 79.9. The second-order valence-corrected chi connectivity index (χ2v) is 10.5. The average Bonchev–Trinajstić information content (AvgIpc) is 3.45. The van der Waals surface area contributed by atoms with Crippen LogP contribution in [0.2, 0.25) is 0 Å². The number of fused-ring (bicyclic) bond motifs is 2. The molecule has 0 fully saturated rings. The summed E-state index contributed by atoms with van der Waals surface area (Å²) in [4.78, 5) is 20.2. The predicted molar refractivity (Wildman–Crippen MR) is 170 cm³/mol. The van der Waals surface area contributed by atoms with Crippen molar-refractivity contribution in [2.75, 3.05) is 14.2 Å². The summed E-state index contributed by atoms with van der Waals surface area (Å²) in [5, 5.41) is 3.49. The summed E-state index contributed by atoms with van der Waals surface area (Å²) in [5.41, 5.74) is 7.71. The Morgan fingerprint density at radius 2 is 1.64 bits per heavy atom. The lowest BCUT2D eigenvalue weighted by atomic mass is 9.90. The summed E-state index contributed by atoms with van der Waals surface area (Å²) in [7, 11) is 3.35. The van der Waals surface area contributed by atoms with Gasteiger partial charge in [0.25, 0.3) is 0 Å². The van der Waals surface area contributed by atoms with Gasteiger partial charge in [0.05, 0.1) is 38.2 Å². The Morgan fingerprint density at radius 3 is 2.43 bits per heavy atom. The molecular formula is C33H37BrN6O2. The van der Waals surface area contributed by atoms with Gasteiger partial charge >= 0.3 is 0 Å².